The van der Waals surface area contributed by atoms with E-state index in [1.54, 1.807) is 0 Å². The highest BCUT2D eigenvalue weighted by Crippen LogP contribution is 2.56. The molecule has 30 heavy (non-hydrogen) atoms. The Labute approximate surface area is 180 Å². The summed E-state index contributed by atoms with van der Waals surface area (Å²) in [5, 5.41) is 0. The number of ether oxygens (including phenoxy) is 1. The molecule has 1 heterocycles. The van der Waals surface area contributed by atoms with Crippen LogP contribution in [0.25, 0.3) is 5.57 Å². The first-order valence-corrected chi connectivity index (χ1v) is 11.4. The van der Waals surface area contributed by atoms with E-state index in [0.29, 0.717) is 17.8 Å². The van der Waals surface area contributed by atoms with Crippen LogP contribution in [0.1, 0.15) is 57.6 Å². The SMILES string of the molecule is CC(C)[C@@H]1CC[C@@H](C)C[C@]12OO[C@]1(c3ccccc3)CC(c3ccccc3)=C[C@@H]1O2. The minimum absolute atomic E-state index is 0.171. The van der Waals surface area contributed by atoms with Gasteiger partial charge in [-0.3, -0.25) is 0 Å². The van der Waals surface area contributed by atoms with Crippen LogP contribution in [0.4, 0.5) is 0 Å². The van der Waals surface area contributed by atoms with Crippen LogP contribution in [0.15, 0.2) is 66.7 Å². The van der Waals surface area contributed by atoms with E-state index in [2.05, 4.69) is 81.4 Å². The first kappa shape index (κ1) is 20.0. The molecule has 0 radical (unpaired) electrons. The smallest absolute Gasteiger partial charge is 0.205 e. The summed E-state index contributed by atoms with van der Waals surface area (Å²) >= 11 is 0. The van der Waals surface area contributed by atoms with Crippen molar-refractivity contribution in [3.8, 4) is 0 Å². The van der Waals surface area contributed by atoms with Gasteiger partial charge in [-0.2, -0.15) is 4.89 Å². The molecule has 2 fully saturated rings. The zero-order valence-electron chi connectivity index (χ0n) is 18.2. The van der Waals surface area contributed by atoms with Crippen LogP contribution in [0.3, 0.4) is 0 Å². The third-order valence-electron chi connectivity index (χ3n) is 7.30. The van der Waals surface area contributed by atoms with E-state index < -0.39 is 11.4 Å². The van der Waals surface area contributed by atoms with Crippen LogP contribution in [-0.4, -0.2) is 11.9 Å². The van der Waals surface area contributed by atoms with Gasteiger partial charge < -0.3 is 4.74 Å². The fourth-order valence-corrected chi connectivity index (χ4v) is 5.73. The maximum atomic E-state index is 6.97. The van der Waals surface area contributed by atoms with Gasteiger partial charge in [-0.25, -0.2) is 4.89 Å². The van der Waals surface area contributed by atoms with Crippen molar-refractivity contribution in [1.29, 1.82) is 0 Å². The van der Waals surface area contributed by atoms with Crippen molar-refractivity contribution in [1.82, 2.24) is 0 Å². The van der Waals surface area contributed by atoms with Crippen molar-refractivity contribution in [3.63, 3.8) is 0 Å². The number of hydrogen-bond acceptors (Lipinski definition) is 3. The van der Waals surface area contributed by atoms with Gasteiger partial charge in [0, 0.05) is 18.8 Å². The van der Waals surface area contributed by atoms with Crippen molar-refractivity contribution in [2.75, 3.05) is 0 Å². The first-order chi connectivity index (χ1) is 14.5. The van der Waals surface area contributed by atoms with Crippen LogP contribution in [0.2, 0.25) is 0 Å². The quantitative estimate of drug-likeness (QED) is 0.546. The average Bonchev–Trinajstić information content (AvgIpc) is 3.14. The fraction of sp³-hybridized carbons (Fsp3) is 0.481. The van der Waals surface area contributed by atoms with E-state index in [0.717, 1.165) is 24.8 Å². The second kappa shape index (κ2) is 7.64. The van der Waals surface area contributed by atoms with Gasteiger partial charge in [-0.1, -0.05) is 87.9 Å². The van der Waals surface area contributed by atoms with E-state index in [9.17, 15) is 0 Å². The first-order valence-electron chi connectivity index (χ1n) is 11.4. The molecular formula is C27H32O3. The molecule has 5 atom stereocenters. The van der Waals surface area contributed by atoms with Gasteiger partial charge in [0.2, 0.25) is 5.79 Å². The van der Waals surface area contributed by atoms with Crippen LogP contribution >= 0.6 is 0 Å². The molecule has 2 aromatic rings. The molecule has 158 valence electrons. The second-order valence-electron chi connectivity index (χ2n) is 9.74. The zero-order chi connectivity index (χ0) is 20.8. The molecule has 1 aliphatic heterocycles. The standard InChI is InChI=1S/C27H32O3/c1-19(2)24-15-14-20(3)17-27(24)28-25-16-22(21-10-6-4-7-11-21)18-26(25,29-30-27)23-12-8-5-9-13-23/h4-13,16,19-20,24-25H,14-15,17-18H2,1-3H3/t20-,24+,25+,26+,27+/m1/s1. The van der Waals surface area contributed by atoms with Gasteiger partial charge >= 0.3 is 0 Å². The highest BCUT2D eigenvalue weighted by molar-refractivity contribution is 5.70. The summed E-state index contributed by atoms with van der Waals surface area (Å²) < 4.78 is 6.97. The van der Waals surface area contributed by atoms with Crippen LogP contribution in [0, 0.1) is 17.8 Å². The molecule has 3 nitrogen and oxygen atoms in total. The molecule has 3 aliphatic rings. The van der Waals surface area contributed by atoms with Crippen molar-refractivity contribution < 1.29 is 14.5 Å². The van der Waals surface area contributed by atoms with E-state index in [-0.39, 0.29) is 6.10 Å². The molecule has 0 N–H and O–H groups in total. The number of rotatable bonds is 3. The predicted molar refractivity (Wildman–Crippen MR) is 118 cm³/mol. The third kappa shape index (κ3) is 3.24. The molecule has 0 amide bonds. The van der Waals surface area contributed by atoms with Crippen molar-refractivity contribution >= 4 is 5.57 Å². The van der Waals surface area contributed by atoms with E-state index >= 15 is 0 Å². The van der Waals surface area contributed by atoms with E-state index in [1.807, 2.05) is 6.07 Å². The molecule has 1 spiro atoms. The summed E-state index contributed by atoms with van der Waals surface area (Å²) in [4.78, 5) is 12.8. The van der Waals surface area contributed by atoms with E-state index in [1.165, 1.54) is 17.6 Å². The van der Waals surface area contributed by atoms with Crippen LogP contribution < -0.4 is 0 Å². The van der Waals surface area contributed by atoms with Gasteiger partial charge in [-0.15, -0.1) is 0 Å². The number of hydrogen-bond donors (Lipinski definition) is 0. The number of benzene rings is 2. The van der Waals surface area contributed by atoms with Crippen LogP contribution in [0.5, 0.6) is 0 Å². The molecule has 5 rings (SSSR count). The van der Waals surface area contributed by atoms with Crippen molar-refractivity contribution in [2.45, 2.75) is 63.9 Å². The lowest BCUT2D eigenvalue weighted by Crippen LogP contribution is -2.60. The predicted octanol–water partition coefficient (Wildman–Crippen LogP) is 6.50. The summed E-state index contributed by atoms with van der Waals surface area (Å²) in [6, 6.07) is 21.0. The zero-order valence-corrected chi connectivity index (χ0v) is 18.2. The molecule has 0 unspecified atom stereocenters. The Morgan fingerprint density at radius 2 is 1.60 bits per heavy atom. The fourth-order valence-electron chi connectivity index (χ4n) is 5.73. The Hall–Kier alpha value is -1.94. The second-order valence-corrected chi connectivity index (χ2v) is 9.74. The van der Waals surface area contributed by atoms with Crippen LogP contribution in [-0.2, 0) is 20.1 Å². The Balaban J connectivity index is 1.56. The maximum Gasteiger partial charge on any atom is 0.205 e. The maximum absolute atomic E-state index is 6.97. The lowest BCUT2D eigenvalue weighted by molar-refractivity contribution is -0.544. The molecule has 0 bridgehead atoms. The summed E-state index contributed by atoms with van der Waals surface area (Å²) in [5.41, 5.74) is 2.95. The topological polar surface area (TPSA) is 27.7 Å². The Kier molecular flexibility index (Phi) is 5.09. The van der Waals surface area contributed by atoms with Crippen molar-refractivity contribution in [3.05, 3.63) is 77.9 Å². The summed E-state index contributed by atoms with van der Waals surface area (Å²) in [7, 11) is 0. The number of fused-ring (bicyclic) bond motifs is 1. The van der Waals surface area contributed by atoms with E-state index in [4.69, 9.17) is 14.5 Å². The Morgan fingerprint density at radius 3 is 2.30 bits per heavy atom. The lowest BCUT2D eigenvalue weighted by atomic mass is 9.72. The van der Waals surface area contributed by atoms with Gasteiger partial charge in [-0.05, 0) is 41.0 Å². The highest BCUT2D eigenvalue weighted by atomic mass is 17.3. The normalized spacial score (nSPS) is 36.0. The summed E-state index contributed by atoms with van der Waals surface area (Å²) in [5.74, 6) is 0.699. The summed E-state index contributed by atoms with van der Waals surface area (Å²) in [6.45, 7) is 6.84. The monoisotopic (exact) mass is 404 g/mol. The minimum atomic E-state index is -0.669. The van der Waals surface area contributed by atoms with Gasteiger partial charge in [0.15, 0.2) is 5.60 Å². The largest absolute Gasteiger partial charge is 0.336 e. The van der Waals surface area contributed by atoms with Crippen molar-refractivity contribution in [2.24, 2.45) is 17.8 Å². The van der Waals surface area contributed by atoms with Gasteiger partial charge in [0.1, 0.15) is 6.10 Å². The van der Waals surface area contributed by atoms with Gasteiger partial charge in [0.25, 0.3) is 0 Å². The highest BCUT2D eigenvalue weighted by Gasteiger charge is 2.60. The Bertz CT molecular complexity index is 906. The third-order valence-corrected chi connectivity index (χ3v) is 7.30. The lowest BCUT2D eigenvalue weighted by Gasteiger charge is -2.53. The Morgan fingerprint density at radius 1 is 0.900 bits per heavy atom. The molecule has 2 aliphatic carbocycles. The molecule has 1 saturated heterocycles. The molecule has 1 saturated carbocycles. The minimum Gasteiger partial charge on any atom is -0.336 e. The summed E-state index contributed by atoms with van der Waals surface area (Å²) in [6.07, 6.45) is 6.06. The molecule has 2 aromatic carbocycles. The molecule has 3 heteroatoms. The van der Waals surface area contributed by atoms with Gasteiger partial charge in [0.05, 0.1) is 0 Å². The molecule has 0 aromatic heterocycles. The average molecular weight is 405 g/mol. The molecular weight excluding hydrogens is 372 g/mol.